The Morgan fingerprint density at radius 1 is 1.00 bits per heavy atom. The lowest BCUT2D eigenvalue weighted by molar-refractivity contribution is -0.139. The number of hydrogen-bond donors (Lipinski definition) is 2. The molecule has 0 amide bonds. The van der Waals surface area contributed by atoms with Crippen molar-refractivity contribution in [2.45, 2.75) is 24.9 Å². The molecule has 2 atom stereocenters. The van der Waals surface area contributed by atoms with Crippen molar-refractivity contribution in [2.24, 2.45) is 0 Å². The van der Waals surface area contributed by atoms with E-state index in [1.54, 1.807) is 0 Å². The summed E-state index contributed by atoms with van der Waals surface area (Å²) in [7, 11) is 0. The van der Waals surface area contributed by atoms with Crippen molar-refractivity contribution in [3.8, 4) is 6.07 Å². The van der Waals surface area contributed by atoms with Gasteiger partial charge in [-0.2, -0.15) is 5.26 Å². The van der Waals surface area contributed by atoms with E-state index in [9.17, 15) is 15.2 Å². The van der Waals surface area contributed by atoms with Crippen LogP contribution in [-0.4, -0.2) is 23.2 Å². The second-order valence-corrected chi connectivity index (χ2v) is 5.12. The fraction of sp³-hybridized carbons (Fsp3) is 0.222. The topological polar surface area (TPSA) is 73.1 Å². The molecule has 0 saturated carbocycles. The van der Waals surface area contributed by atoms with E-state index in [-0.39, 0.29) is 12.4 Å². The van der Waals surface area contributed by atoms with Crippen molar-refractivity contribution >= 4 is 18.4 Å². The number of nitrogens with zero attached hydrogens (tertiary/aromatic N) is 1. The van der Waals surface area contributed by atoms with Crippen LogP contribution in [0.2, 0.25) is 0 Å². The van der Waals surface area contributed by atoms with Crippen LogP contribution in [0.1, 0.15) is 11.1 Å². The highest BCUT2D eigenvalue weighted by molar-refractivity contribution is 5.85. The number of carbonyl (C=O) groups is 1. The molecule has 0 aromatic heterocycles. The maximum atomic E-state index is 11.4. The van der Waals surface area contributed by atoms with E-state index in [0.29, 0.717) is 12.8 Å². The third kappa shape index (κ3) is 6.11. The van der Waals surface area contributed by atoms with E-state index in [1.807, 2.05) is 60.7 Å². The molecule has 0 fully saturated rings. The van der Waals surface area contributed by atoms with Crippen LogP contribution in [0.5, 0.6) is 0 Å². The van der Waals surface area contributed by atoms with Gasteiger partial charge in [-0.25, -0.2) is 0 Å². The average molecular weight is 331 g/mol. The molecule has 0 saturated heterocycles. The molecule has 0 bridgehead atoms. The Labute approximate surface area is 142 Å². The molecule has 2 N–H and O–H groups in total. The van der Waals surface area contributed by atoms with Gasteiger partial charge in [0.05, 0.1) is 12.1 Å². The fourth-order valence-electron chi connectivity index (χ4n) is 2.30. The second kappa shape index (κ2) is 9.62. The lowest BCUT2D eigenvalue weighted by Crippen LogP contribution is -2.45. The SMILES string of the molecule is Cl.N#C[C@H](Cc1ccccc1)N[C@@H](Cc1ccccc1)C(=O)O. The minimum absolute atomic E-state index is 0. The van der Waals surface area contributed by atoms with Gasteiger partial charge in [-0.1, -0.05) is 60.7 Å². The Hall–Kier alpha value is -2.35. The maximum Gasteiger partial charge on any atom is 0.321 e. The number of nitriles is 1. The minimum atomic E-state index is -0.947. The van der Waals surface area contributed by atoms with Crippen LogP contribution in [0.15, 0.2) is 60.7 Å². The molecular weight excluding hydrogens is 312 g/mol. The van der Waals surface area contributed by atoms with Crippen LogP contribution in [-0.2, 0) is 17.6 Å². The van der Waals surface area contributed by atoms with Crippen LogP contribution in [0, 0.1) is 11.3 Å². The van der Waals surface area contributed by atoms with E-state index in [2.05, 4.69) is 11.4 Å². The largest absolute Gasteiger partial charge is 0.480 e. The monoisotopic (exact) mass is 330 g/mol. The summed E-state index contributed by atoms with van der Waals surface area (Å²) in [6.45, 7) is 0. The van der Waals surface area contributed by atoms with Crippen LogP contribution in [0.3, 0.4) is 0 Å². The number of rotatable bonds is 7. The normalized spacial score (nSPS) is 12.5. The summed E-state index contributed by atoms with van der Waals surface area (Å²) in [4.78, 5) is 11.4. The number of nitrogens with one attached hydrogen (secondary N) is 1. The highest BCUT2D eigenvalue weighted by atomic mass is 35.5. The third-order valence-electron chi connectivity index (χ3n) is 3.42. The number of hydrogen-bond acceptors (Lipinski definition) is 3. The summed E-state index contributed by atoms with van der Waals surface area (Å²) in [6.07, 6.45) is 0.832. The first-order valence-electron chi connectivity index (χ1n) is 7.15. The van der Waals surface area contributed by atoms with Gasteiger partial charge in [0.2, 0.25) is 0 Å². The second-order valence-electron chi connectivity index (χ2n) is 5.12. The molecule has 2 rings (SSSR count). The van der Waals surface area contributed by atoms with E-state index >= 15 is 0 Å². The number of halogens is 1. The van der Waals surface area contributed by atoms with Gasteiger partial charge in [0.15, 0.2) is 0 Å². The van der Waals surface area contributed by atoms with E-state index in [0.717, 1.165) is 11.1 Å². The highest BCUT2D eigenvalue weighted by Crippen LogP contribution is 2.07. The first-order chi connectivity index (χ1) is 10.7. The molecule has 0 aliphatic carbocycles. The van der Waals surface area contributed by atoms with Gasteiger partial charge in [-0.05, 0) is 17.5 Å². The Kier molecular flexibility index (Phi) is 7.82. The van der Waals surface area contributed by atoms with Crippen molar-refractivity contribution < 1.29 is 9.90 Å². The number of carboxylic acid groups (broad SMARTS) is 1. The first kappa shape index (κ1) is 18.7. The summed E-state index contributed by atoms with van der Waals surface area (Å²) in [5, 5.41) is 21.6. The molecule has 0 unspecified atom stereocenters. The predicted octanol–water partition coefficient (Wildman–Crippen LogP) is 2.83. The standard InChI is InChI=1S/C18H18N2O2.ClH/c19-13-16(11-14-7-3-1-4-8-14)20-17(18(21)22)12-15-9-5-2-6-10-15;/h1-10,16-17,20H,11-12H2,(H,21,22);1H/t16-,17-;/m0./s1. The smallest absolute Gasteiger partial charge is 0.321 e. The van der Waals surface area contributed by atoms with Gasteiger partial charge in [0.1, 0.15) is 6.04 Å². The van der Waals surface area contributed by atoms with Crippen LogP contribution < -0.4 is 5.32 Å². The Bertz CT molecular complexity index is 641. The first-order valence-corrected chi connectivity index (χ1v) is 7.15. The predicted molar refractivity (Wildman–Crippen MR) is 91.5 cm³/mol. The highest BCUT2D eigenvalue weighted by Gasteiger charge is 2.22. The third-order valence-corrected chi connectivity index (χ3v) is 3.42. The van der Waals surface area contributed by atoms with Gasteiger partial charge in [-0.3, -0.25) is 10.1 Å². The lowest BCUT2D eigenvalue weighted by Gasteiger charge is -2.18. The summed E-state index contributed by atoms with van der Waals surface area (Å²) in [5.41, 5.74) is 1.93. The number of aliphatic carboxylic acids is 1. The summed E-state index contributed by atoms with van der Waals surface area (Å²) < 4.78 is 0. The molecule has 4 nitrogen and oxygen atoms in total. The van der Waals surface area contributed by atoms with E-state index in [1.165, 1.54) is 0 Å². The molecular formula is C18H19ClN2O2. The molecule has 2 aromatic carbocycles. The molecule has 0 radical (unpaired) electrons. The molecule has 0 spiro atoms. The van der Waals surface area contributed by atoms with Crippen LogP contribution in [0.25, 0.3) is 0 Å². The molecule has 5 heteroatoms. The van der Waals surface area contributed by atoms with Crippen molar-refractivity contribution in [1.82, 2.24) is 5.32 Å². The summed E-state index contributed by atoms with van der Waals surface area (Å²) in [6, 6.07) is 19.8. The van der Waals surface area contributed by atoms with Crippen molar-refractivity contribution in [1.29, 1.82) is 5.26 Å². The zero-order valence-corrected chi connectivity index (χ0v) is 13.4. The number of benzene rings is 2. The molecule has 120 valence electrons. The van der Waals surface area contributed by atoms with Gasteiger partial charge in [-0.15, -0.1) is 12.4 Å². The minimum Gasteiger partial charge on any atom is -0.480 e. The Balaban J connectivity index is 0.00000264. The quantitative estimate of drug-likeness (QED) is 0.818. The maximum absolute atomic E-state index is 11.4. The number of carboxylic acids is 1. The summed E-state index contributed by atoms with van der Waals surface area (Å²) in [5.74, 6) is -0.947. The van der Waals surface area contributed by atoms with Gasteiger partial charge in [0.25, 0.3) is 0 Å². The lowest BCUT2D eigenvalue weighted by atomic mass is 10.0. The Morgan fingerprint density at radius 3 is 1.91 bits per heavy atom. The van der Waals surface area contributed by atoms with Crippen molar-refractivity contribution in [3.05, 3.63) is 71.8 Å². The molecule has 0 aliphatic rings. The average Bonchev–Trinajstić information content (AvgIpc) is 2.55. The molecule has 2 aromatic rings. The Morgan fingerprint density at radius 2 is 1.48 bits per heavy atom. The molecule has 0 heterocycles. The van der Waals surface area contributed by atoms with E-state index < -0.39 is 18.1 Å². The molecule has 23 heavy (non-hydrogen) atoms. The zero-order valence-electron chi connectivity index (χ0n) is 12.6. The van der Waals surface area contributed by atoms with E-state index in [4.69, 9.17) is 0 Å². The fourth-order valence-corrected chi connectivity index (χ4v) is 2.30. The van der Waals surface area contributed by atoms with Gasteiger partial charge < -0.3 is 5.11 Å². The summed E-state index contributed by atoms with van der Waals surface area (Å²) >= 11 is 0. The van der Waals surface area contributed by atoms with Crippen LogP contribution in [0.4, 0.5) is 0 Å². The van der Waals surface area contributed by atoms with Gasteiger partial charge >= 0.3 is 5.97 Å². The van der Waals surface area contributed by atoms with Crippen molar-refractivity contribution in [2.75, 3.05) is 0 Å². The van der Waals surface area contributed by atoms with Crippen LogP contribution >= 0.6 is 12.4 Å². The van der Waals surface area contributed by atoms with Crippen molar-refractivity contribution in [3.63, 3.8) is 0 Å². The zero-order chi connectivity index (χ0) is 15.8. The molecule has 0 aliphatic heterocycles. The van der Waals surface area contributed by atoms with Gasteiger partial charge in [0, 0.05) is 6.42 Å².